The molecule has 21 heavy (non-hydrogen) atoms. The van der Waals surface area contributed by atoms with E-state index in [2.05, 4.69) is 27.6 Å². The maximum Gasteiger partial charge on any atom is 0.243 e. The molecule has 0 atom stereocenters. The molecule has 0 unspecified atom stereocenters. The predicted octanol–water partition coefficient (Wildman–Crippen LogP) is 3.42. The number of halogens is 2. The zero-order valence-corrected chi connectivity index (χ0v) is 14.4. The van der Waals surface area contributed by atoms with Gasteiger partial charge in [-0.3, -0.25) is 0 Å². The minimum absolute atomic E-state index is 0.0479. The van der Waals surface area contributed by atoms with Gasteiger partial charge in [0.1, 0.15) is 4.90 Å². The first-order valence-corrected chi connectivity index (χ1v) is 9.25. The Morgan fingerprint density at radius 2 is 1.95 bits per heavy atom. The van der Waals surface area contributed by atoms with Crippen molar-refractivity contribution in [3.05, 3.63) is 22.4 Å². The molecule has 1 aliphatic carbocycles. The Bertz CT molecular complexity index is 628. The summed E-state index contributed by atoms with van der Waals surface area (Å²) in [5, 5.41) is 0. The average Bonchev–Trinajstić information content (AvgIpc) is 2.42. The summed E-state index contributed by atoms with van der Waals surface area (Å²) in [6, 6.07) is 2.49. The Labute approximate surface area is 133 Å². The number of sulfonamides is 1. The zero-order chi connectivity index (χ0) is 15.7. The lowest BCUT2D eigenvalue weighted by atomic mass is 9.76. The number of nitrogens with two attached hydrogens (primary N) is 1. The zero-order valence-electron chi connectivity index (χ0n) is 12.0. The summed E-state index contributed by atoms with van der Waals surface area (Å²) in [5.74, 6) is -0.814. The highest BCUT2D eigenvalue weighted by Gasteiger charge is 2.30. The molecule has 1 aliphatic rings. The largest absolute Gasteiger partial charge is 0.399 e. The predicted molar refractivity (Wildman–Crippen MR) is 84.9 cm³/mol. The second-order valence-electron chi connectivity index (χ2n) is 6.01. The second kappa shape index (κ2) is 6.22. The van der Waals surface area contributed by atoms with Crippen LogP contribution in [0.15, 0.2) is 21.5 Å². The Hall–Kier alpha value is -0.660. The summed E-state index contributed by atoms with van der Waals surface area (Å²) in [4.78, 5) is -0.409. The fraction of sp³-hybridized carbons (Fsp3) is 0.571. The molecule has 0 bridgehead atoms. The Kier molecular flexibility index (Phi) is 4.95. The number of nitrogens with one attached hydrogen (secondary N) is 1. The summed E-state index contributed by atoms with van der Waals surface area (Å²) in [6.45, 7) is 2.39. The Morgan fingerprint density at radius 3 is 2.57 bits per heavy atom. The monoisotopic (exact) mass is 378 g/mol. The van der Waals surface area contributed by atoms with Gasteiger partial charge in [-0.2, -0.15) is 0 Å². The first kappa shape index (κ1) is 16.7. The van der Waals surface area contributed by atoms with Gasteiger partial charge in [0.05, 0.1) is 4.47 Å². The normalized spacial score (nSPS) is 18.6. The molecule has 1 aromatic rings. The maximum absolute atomic E-state index is 14.0. The SMILES string of the molecule is CC1(CNS(=O)(=O)c2cc(N)cc(Br)c2F)CCCCC1. The number of hydrogen-bond acceptors (Lipinski definition) is 3. The average molecular weight is 379 g/mol. The molecule has 0 radical (unpaired) electrons. The van der Waals surface area contributed by atoms with E-state index >= 15 is 0 Å². The molecule has 0 aliphatic heterocycles. The Balaban J connectivity index is 2.19. The van der Waals surface area contributed by atoms with E-state index in [0.29, 0.717) is 6.54 Å². The van der Waals surface area contributed by atoms with Crippen molar-refractivity contribution in [3.8, 4) is 0 Å². The van der Waals surface area contributed by atoms with Crippen molar-refractivity contribution in [1.82, 2.24) is 4.72 Å². The standard InChI is InChI=1S/C14H20BrFN2O2S/c1-14(5-3-2-4-6-14)9-18-21(19,20)12-8-10(17)7-11(15)13(12)16/h7-8,18H,2-6,9,17H2,1H3. The van der Waals surface area contributed by atoms with Crippen LogP contribution in [0.2, 0.25) is 0 Å². The third-order valence-corrected chi connectivity index (χ3v) is 6.03. The lowest BCUT2D eigenvalue weighted by Crippen LogP contribution is -2.37. The molecule has 0 aromatic heterocycles. The van der Waals surface area contributed by atoms with E-state index in [1.165, 1.54) is 12.5 Å². The van der Waals surface area contributed by atoms with Crippen molar-refractivity contribution in [2.45, 2.75) is 43.9 Å². The van der Waals surface area contributed by atoms with Gasteiger partial charge >= 0.3 is 0 Å². The molecule has 118 valence electrons. The molecule has 0 heterocycles. The van der Waals surface area contributed by atoms with Crippen LogP contribution in [0.25, 0.3) is 0 Å². The van der Waals surface area contributed by atoms with E-state index in [1.807, 2.05) is 0 Å². The van der Waals surface area contributed by atoms with E-state index in [1.54, 1.807) is 0 Å². The van der Waals surface area contributed by atoms with Gasteiger partial charge in [0.2, 0.25) is 10.0 Å². The van der Waals surface area contributed by atoms with Gasteiger partial charge < -0.3 is 5.73 Å². The third kappa shape index (κ3) is 3.96. The van der Waals surface area contributed by atoms with Gasteiger partial charge in [-0.1, -0.05) is 26.2 Å². The van der Waals surface area contributed by atoms with Gasteiger partial charge in [0.25, 0.3) is 0 Å². The van der Waals surface area contributed by atoms with Crippen molar-refractivity contribution in [3.63, 3.8) is 0 Å². The molecule has 1 saturated carbocycles. The first-order chi connectivity index (χ1) is 9.73. The van der Waals surface area contributed by atoms with Gasteiger partial charge in [-0.05, 0) is 46.3 Å². The highest BCUT2D eigenvalue weighted by atomic mass is 79.9. The molecule has 0 spiro atoms. The molecule has 2 rings (SSSR count). The summed E-state index contributed by atoms with van der Waals surface area (Å²) >= 11 is 2.98. The third-order valence-electron chi connectivity index (χ3n) is 4.06. The van der Waals surface area contributed by atoms with E-state index in [-0.39, 0.29) is 15.6 Å². The van der Waals surface area contributed by atoms with Gasteiger partial charge in [-0.25, -0.2) is 17.5 Å². The molecule has 1 fully saturated rings. The molecular weight excluding hydrogens is 359 g/mol. The van der Waals surface area contributed by atoms with Gasteiger partial charge in [0, 0.05) is 12.2 Å². The summed E-state index contributed by atoms with van der Waals surface area (Å²) in [6.07, 6.45) is 5.38. The number of hydrogen-bond donors (Lipinski definition) is 2. The molecule has 0 amide bonds. The van der Waals surface area contributed by atoms with Crippen molar-refractivity contribution in [2.75, 3.05) is 12.3 Å². The molecule has 1 aromatic carbocycles. The molecule has 0 saturated heterocycles. The highest BCUT2D eigenvalue weighted by molar-refractivity contribution is 9.10. The minimum Gasteiger partial charge on any atom is -0.399 e. The van der Waals surface area contributed by atoms with Crippen molar-refractivity contribution in [1.29, 1.82) is 0 Å². The summed E-state index contributed by atoms with van der Waals surface area (Å²) < 4.78 is 41.2. The first-order valence-electron chi connectivity index (χ1n) is 6.98. The van der Waals surface area contributed by atoms with E-state index in [4.69, 9.17) is 5.73 Å². The molecule has 4 nitrogen and oxygen atoms in total. The van der Waals surface area contributed by atoms with Crippen LogP contribution in [-0.2, 0) is 10.0 Å². The quantitative estimate of drug-likeness (QED) is 0.788. The fourth-order valence-corrected chi connectivity index (χ4v) is 4.65. The highest BCUT2D eigenvalue weighted by Crippen LogP contribution is 2.35. The van der Waals surface area contributed by atoms with Gasteiger partial charge in [0.15, 0.2) is 5.82 Å². The number of benzene rings is 1. The summed E-state index contributed by atoms with van der Waals surface area (Å²) in [7, 11) is -3.91. The van der Waals surface area contributed by atoms with Crippen LogP contribution >= 0.6 is 15.9 Å². The van der Waals surface area contributed by atoms with Crippen LogP contribution in [0.5, 0.6) is 0 Å². The van der Waals surface area contributed by atoms with Crippen molar-refractivity contribution >= 4 is 31.6 Å². The van der Waals surface area contributed by atoms with Crippen molar-refractivity contribution < 1.29 is 12.8 Å². The molecule has 7 heteroatoms. The van der Waals surface area contributed by atoms with E-state index in [0.717, 1.165) is 31.7 Å². The van der Waals surface area contributed by atoms with Crippen LogP contribution in [0.1, 0.15) is 39.0 Å². The summed E-state index contributed by atoms with van der Waals surface area (Å²) in [5.41, 5.74) is 5.75. The molecule has 3 N–H and O–H groups in total. The van der Waals surface area contributed by atoms with Crippen LogP contribution in [0.3, 0.4) is 0 Å². The van der Waals surface area contributed by atoms with Crippen LogP contribution in [0, 0.1) is 11.2 Å². The van der Waals surface area contributed by atoms with Crippen LogP contribution < -0.4 is 10.5 Å². The number of rotatable bonds is 4. The smallest absolute Gasteiger partial charge is 0.243 e. The second-order valence-corrected chi connectivity index (χ2v) is 8.60. The lowest BCUT2D eigenvalue weighted by molar-refractivity contribution is 0.219. The molecular formula is C14H20BrFN2O2S. The number of anilines is 1. The van der Waals surface area contributed by atoms with Gasteiger partial charge in [-0.15, -0.1) is 0 Å². The van der Waals surface area contributed by atoms with Crippen LogP contribution in [-0.4, -0.2) is 15.0 Å². The lowest BCUT2D eigenvalue weighted by Gasteiger charge is -2.33. The van der Waals surface area contributed by atoms with Crippen molar-refractivity contribution in [2.24, 2.45) is 5.41 Å². The van der Waals surface area contributed by atoms with Crippen LogP contribution in [0.4, 0.5) is 10.1 Å². The topological polar surface area (TPSA) is 72.2 Å². The van der Waals surface area contributed by atoms with E-state index < -0.39 is 20.7 Å². The minimum atomic E-state index is -3.91. The number of nitrogen functional groups attached to an aromatic ring is 1. The maximum atomic E-state index is 14.0. The fourth-order valence-electron chi connectivity index (χ4n) is 2.71. The van der Waals surface area contributed by atoms with E-state index in [9.17, 15) is 12.8 Å². The Morgan fingerprint density at radius 1 is 1.33 bits per heavy atom.